The molecule has 0 fully saturated rings. The third-order valence-electron chi connectivity index (χ3n) is 3.52. The highest BCUT2D eigenvalue weighted by atomic mass is 16.5. The van der Waals surface area contributed by atoms with E-state index in [9.17, 15) is 19.8 Å². The number of hydrogen-bond donors (Lipinski definition) is 2. The van der Waals surface area contributed by atoms with E-state index >= 15 is 0 Å². The molecule has 0 aliphatic rings. The van der Waals surface area contributed by atoms with Crippen LogP contribution in [0.4, 0.5) is 0 Å². The lowest BCUT2D eigenvalue weighted by atomic mass is 9.99. The average molecular weight is 315 g/mol. The largest absolute Gasteiger partial charge is 0.505 e. The smallest absolute Gasteiger partial charge is 0.340 e. The summed E-state index contributed by atoms with van der Waals surface area (Å²) in [6.45, 7) is 1.49. The molecule has 6 heteroatoms. The third kappa shape index (κ3) is 3.48. The first-order valence-electron chi connectivity index (χ1n) is 7.03. The van der Waals surface area contributed by atoms with Gasteiger partial charge in [0.05, 0.1) is 24.1 Å². The number of carboxylic acid groups (broad SMARTS) is 1. The molecule has 0 unspecified atom stereocenters. The Balaban J connectivity index is 2.49. The zero-order valence-electron chi connectivity index (χ0n) is 12.9. The quantitative estimate of drug-likeness (QED) is 0.822. The van der Waals surface area contributed by atoms with Crippen LogP contribution in [0.2, 0.25) is 0 Å². The lowest BCUT2D eigenvalue weighted by molar-refractivity contribution is 0.0578. The van der Waals surface area contributed by atoms with E-state index in [-0.39, 0.29) is 11.3 Å². The number of carbonyl (C=O) groups excluding carboxylic acids is 1. The number of benzene rings is 1. The summed E-state index contributed by atoms with van der Waals surface area (Å²) in [7, 11) is 1.16. The number of nitrogens with zero attached hydrogens (tertiary/aromatic N) is 1. The summed E-state index contributed by atoms with van der Waals surface area (Å²) in [5.74, 6) is -2.73. The molecule has 0 atom stereocenters. The average Bonchev–Trinajstić information content (AvgIpc) is 2.55. The summed E-state index contributed by atoms with van der Waals surface area (Å²) in [6.07, 6.45) is 0.941. The van der Waals surface area contributed by atoms with Gasteiger partial charge in [0.25, 0.3) is 0 Å². The van der Waals surface area contributed by atoms with Crippen molar-refractivity contribution in [1.82, 2.24) is 4.98 Å². The van der Waals surface area contributed by atoms with Crippen LogP contribution in [0.5, 0.6) is 5.75 Å². The highest BCUT2D eigenvalue weighted by Crippen LogP contribution is 2.28. The Morgan fingerprint density at radius 3 is 2.35 bits per heavy atom. The van der Waals surface area contributed by atoms with Crippen molar-refractivity contribution in [1.29, 1.82) is 0 Å². The minimum atomic E-state index is -1.39. The number of hydrogen-bond acceptors (Lipinski definition) is 5. The van der Waals surface area contributed by atoms with E-state index in [0.29, 0.717) is 18.5 Å². The summed E-state index contributed by atoms with van der Waals surface area (Å²) in [5.41, 5.74) is 0.839. The van der Waals surface area contributed by atoms with Crippen molar-refractivity contribution in [2.24, 2.45) is 0 Å². The van der Waals surface area contributed by atoms with E-state index in [4.69, 9.17) is 0 Å². The van der Waals surface area contributed by atoms with Crippen molar-refractivity contribution < 1.29 is 24.5 Å². The molecule has 0 amide bonds. The monoisotopic (exact) mass is 315 g/mol. The second kappa shape index (κ2) is 6.91. The molecular formula is C17H17NO5. The van der Waals surface area contributed by atoms with Gasteiger partial charge in [0.1, 0.15) is 5.56 Å². The Labute approximate surface area is 133 Å². The molecule has 1 heterocycles. The molecule has 2 aromatic rings. The van der Waals surface area contributed by atoms with Crippen LogP contribution in [-0.2, 0) is 17.6 Å². The Hall–Kier alpha value is -2.89. The standard InChI is InChI=1S/C17H17NO5/c1-10-15(19)14(16(20)21)13(17(22)23-2)12(18-10)9-8-11-6-4-3-5-7-11/h3-7,19H,8-9H2,1-2H3,(H,20,21). The van der Waals surface area contributed by atoms with Crippen molar-refractivity contribution in [2.45, 2.75) is 19.8 Å². The molecule has 2 N–H and O–H groups in total. The normalized spacial score (nSPS) is 10.3. The minimum absolute atomic E-state index is 0.165. The third-order valence-corrected chi connectivity index (χ3v) is 3.52. The molecule has 120 valence electrons. The number of esters is 1. The van der Waals surface area contributed by atoms with Crippen LogP contribution in [0.25, 0.3) is 0 Å². The molecular weight excluding hydrogens is 298 g/mol. The zero-order chi connectivity index (χ0) is 17.0. The SMILES string of the molecule is COC(=O)c1c(CCc2ccccc2)nc(C)c(O)c1C(=O)O. The summed E-state index contributed by atoms with van der Waals surface area (Å²) in [4.78, 5) is 27.6. The maximum Gasteiger partial charge on any atom is 0.340 e. The van der Waals surface area contributed by atoms with Crippen LogP contribution in [0, 0.1) is 6.92 Å². The molecule has 1 aromatic carbocycles. The number of methoxy groups -OCH3 is 1. The number of carbonyl (C=O) groups is 2. The molecule has 2 rings (SSSR count). The van der Waals surface area contributed by atoms with Crippen LogP contribution >= 0.6 is 0 Å². The zero-order valence-corrected chi connectivity index (χ0v) is 12.9. The highest BCUT2D eigenvalue weighted by Gasteiger charge is 2.27. The van der Waals surface area contributed by atoms with E-state index in [2.05, 4.69) is 9.72 Å². The van der Waals surface area contributed by atoms with E-state index in [1.54, 1.807) is 0 Å². The summed E-state index contributed by atoms with van der Waals surface area (Å²) < 4.78 is 4.66. The summed E-state index contributed by atoms with van der Waals surface area (Å²) in [5, 5.41) is 19.3. The van der Waals surface area contributed by atoms with Crippen molar-refractivity contribution in [3.8, 4) is 5.75 Å². The highest BCUT2D eigenvalue weighted by molar-refractivity contribution is 6.05. The van der Waals surface area contributed by atoms with Gasteiger partial charge >= 0.3 is 11.9 Å². The lowest BCUT2D eigenvalue weighted by Gasteiger charge is -2.13. The molecule has 6 nitrogen and oxygen atoms in total. The fraction of sp³-hybridized carbons (Fsp3) is 0.235. The molecule has 0 saturated carbocycles. The van der Waals surface area contributed by atoms with Gasteiger partial charge in [-0.1, -0.05) is 30.3 Å². The van der Waals surface area contributed by atoms with Crippen LogP contribution < -0.4 is 0 Å². The number of aromatic hydroxyl groups is 1. The van der Waals surface area contributed by atoms with E-state index in [1.165, 1.54) is 6.92 Å². The number of aromatic nitrogens is 1. The topological polar surface area (TPSA) is 96.7 Å². The van der Waals surface area contributed by atoms with Gasteiger partial charge in [-0.25, -0.2) is 9.59 Å². The number of ether oxygens (including phenoxy) is 1. The number of rotatable bonds is 5. The number of carboxylic acids is 1. The number of pyridine rings is 1. The summed E-state index contributed by atoms with van der Waals surface area (Å²) >= 11 is 0. The molecule has 0 saturated heterocycles. The molecule has 0 aliphatic heterocycles. The molecule has 0 bridgehead atoms. The second-order valence-electron chi connectivity index (χ2n) is 5.02. The van der Waals surface area contributed by atoms with E-state index < -0.39 is 23.3 Å². The van der Waals surface area contributed by atoms with Gasteiger partial charge in [-0.3, -0.25) is 4.98 Å². The van der Waals surface area contributed by atoms with Crippen molar-refractivity contribution >= 4 is 11.9 Å². The van der Waals surface area contributed by atoms with Gasteiger partial charge in [-0.2, -0.15) is 0 Å². The molecule has 0 radical (unpaired) electrons. The first kappa shape index (κ1) is 16.5. The Bertz CT molecular complexity index is 740. The predicted molar refractivity (Wildman–Crippen MR) is 82.8 cm³/mol. The van der Waals surface area contributed by atoms with E-state index in [1.807, 2.05) is 30.3 Å². The minimum Gasteiger partial charge on any atom is -0.505 e. The van der Waals surface area contributed by atoms with Gasteiger partial charge in [0.15, 0.2) is 5.75 Å². The van der Waals surface area contributed by atoms with Crippen LogP contribution in [0.1, 0.15) is 37.7 Å². The Morgan fingerprint density at radius 2 is 1.78 bits per heavy atom. The Morgan fingerprint density at radius 1 is 1.13 bits per heavy atom. The maximum absolute atomic E-state index is 12.0. The van der Waals surface area contributed by atoms with Gasteiger partial charge in [0, 0.05) is 0 Å². The number of aryl methyl sites for hydroxylation is 3. The molecule has 0 spiro atoms. The first-order valence-corrected chi connectivity index (χ1v) is 7.03. The lowest BCUT2D eigenvalue weighted by Crippen LogP contribution is -2.17. The summed E-state index contributed by atoms with van der Waals surface area (Å²) in [6, 6.07) is 9.56. The van der Waals surface area contributed by atoms with E-state index in [0.717, 1.165) is 12.7 Å². The molecule has 23 heavy (non-hydrogen) atoms. The fourth-order valence-electron chi connectivity index (χ4n) is 2.37. The van der Waals surface area contributed by atoms with Crippen molar-refractivity contribution in [2.75, 3.05) is 7.11 Å². The van der Waals surface area contributed by atoms with Crippen LogP contribution in [0.15, 0.2) is 30.3 Å². The van der Waals surface area contributed by atoms with Crippen LogP contribution in [-0.4, -0.2) is 34.2 Å². The number of aromatic carboxylic acids is 1. The van der Waals surface area contributed by atoms with Crippen molar-refractivity contribution in [3.05, 3.63) is 58.4 Å². The second-order valence-corrected chi connectivity index (χ2v) is 5.02. The van der Waals surface area contributed by atoms with Gasteiger partial charge < -0.3 is 14.9 Å². The fourth-order valence-corrected chi connectivity index (χ4v) is 2.37. The van der Waals surface area contributed by atoms with Gasteiger partial charge in [0.2, 0.25) is 0 Å². The van der Waals surface area contributed by atoms with Crippen molar-refractivity contribution in [3.63, 3.8) is 0 Å². The van der Waals surface area contributed by atoms with Gasteiger partial charge in [-0.15, -0.1) is 0 Å². The molecule has 0 aliphatic carbocycles. The predicted octanol–water partition coefficient (Wildman–Crippen LogP) is 2.37. The molecule has 1 aromatic heterocycles. The first-order chi connectivity index (χ1) is 11.0. The maximum atomic E-state index is 12.0. The van der Waals surface area contributed by atoms with Gasteiger partial charge in [-0.05, 0) is 25.3 Å². The van der Waals surface area contributed by atoms with Crippen LogP contribution in [0.3, 0.4) is 0 Å². The Kier molecular flexibility index (Phi) is 4.95.